The standard InChI is InChI=1S/C11H7N5O3S/c12-5-6-1-2-7(3-8(6)16(18)19)20-11-14-9(13)4-10(17)15-11/h1-4H,(H3,13,14,15,17). The minimum absolute atomic E-state index is 0.0339. The number of anilines is 1. The number of H-pyrrole nitrogens is 1. The van der Waals surface area contributed by atoms with Crippen LogP contribution in [0.4, 0.5) is 11.5 Å². The zero-order valence-electron chi connectivity index (χ0n) is 9.86. The molecule has 8 nitrogen and oxygen atoms in total. The molecule has 9 heteroatoms. The van der Waals surface area contributed by atoms with Gasteiger partial charge < -0.3 is 10.7 Å². The second kappa shape index (κ2) is 5.41. The van der Waals surface area contributed by atoms with E-state index < -0.39 is 10.5 Å². The number of nitriles is 1. The zero-order chi connectivity index (χ0) is 14.7. The Kier molecular flexibility index (Phi) is 3.67. The number of rotatable bonds is 3. The van der Waals surface area contributed by atoms with Gasteiger partial charge in [0, 0.05) is 17.0 Å². The molecule has 0 saturated heterocycles. The van der Waals surface area contributed by atoms with Crippen molar-refractivity contribution >= 4 is 23.3 Å². The van der Waals surface area contributed by atoms with Gasteiger partial charge in [0.2, 0.25) is 0 Å². The Bertz CT molecular complexity index is 780. The average molecular weight is 289 g/mol. The van der Waals surface area contributed by atoms with E-state index in [0.717, 1.165) is 17.8 Å². The number of nitrogens with one attached hydrogen (secondary N) is 1. The highest BCUT2D eigenvalue weighted by molar-refractivity contribution is 7.99. The Balaban J connectivity index is 2.39. The van der Waals surface area contributed by atoms with Gasteiger partial charge in [0.15, 0.2) is 5.16 Å². The molecule has 100 valence electrons. The molecule has 1 aromatic heterocycles. The van der Waals surface area contributed by atoms with E-state index in [2.05, 4.69) is 9.97 Å². The zero-order valence-corrected chi connectivity index (χ0v) is 10.7. The molecule has 3 N–H and O–H groups in total. The summed E-state index contributed by atoms with van der Waals surface area (Å²) in [6.07, 6.45) is 0. The lowest BCUT2D eigenvalue weighted by Crippen LogP contribution is -2.09. The summed E-state index contributed by atoms with van der Waals surface area (Å²) in [7, 11) is 0. The number of hydrogen-bond donors (Lipinski definition) is 2. The normalized spacial score (nSPS) is 9.95. The third-order valence-electron chi connectivity index (χ3n) is 2.24. The van der Waals surface area contributed by atoms with E-state index >= 15 is 0 Å². The number of nitro groups is 1. The van der Waals surface area contributed by atoms with Crippen molar-refractivity contribution in [2.75, 3.05) is 5.73 Å². The molecule has 1 heterocycles. The Morgan fingerprint density at radius 2 is 2.20 bits per heavy atom. The topological polar surface area (TPSA) is 139 Å². The van der Waals surface area contributed by atoms with Crippen LogP contribution in [0.3, 0.4) is 0 Å². The molecule has 0 atom stereocenters. The Morgan fingerprint density at radius 1 is 1.45 bits per heavy atom. The molecule has 0 aliphatic heterocycles. The molecule has 2 rings (SSSR count). The fourth-order valence-electron chi connectivity index (χ4n) is 1.43. The molecule has 0 radical (unpaired) electrons. The SMILES string of the molecule is N#Cc1ccc(Sc2nc(N)cc(=O)[nH]2)cc1[N+](=O)[O-]. The van der Waals surface area contributed by atoms with Crippen LogP contribution in [-0.4, -0.2) is 14.9 Å². The lowest BCUT2D eigenvalue weighted by atomic mass is 10.2. The van der Waals surface area contributed by atoms with Gasteiger partial charge in [-0.15, -0.1) is 0 Å². The fourth-order valence-corrected chi connectivity index (χ4v) is 2.27. The van der Waals surface area contributed by atoms with Gasteiger partial charge in [-0.25, -0.2) is 4.98 Å². The summed E-state index contributed by atoms with van der Waals surface area (Å²) >= 11 is 1.01. The highest BCUT2D eigenvalue weighted by Crippen LogP contribution is 2.29. The van der Waals surface area contributed by atoms with Crippen LogP contribution in [0.2, 0.25) is 0 Å². The van der Waals surface area contributed by atoms with Crippen LogP contribution in [0, 0.1) is 21.4 Å². The van der Waals surface area contributed by atoms with E-state index in [1.807, 2.05) is 0 Å². The molecule has 0 bridgehead atoms. The molecule has 0 aliphatic rings. The number of aromatic nitrogens is 2. The number of nitrogens with two attached hydrogens (primary N) is 1. The number of hydrogen-bond acceptors (Lipinski definition) is 7. The van der Waals surface area contributed by atoms with Crippen molar-refractivity contribution in [3.05, 3.63) is 50.3 Å². The van der Waals surface area contributed by atoms with Gasteiger partial charge in [-0.05, 0) is 12.1 Å². The quantitative estimate of drug-likeness (QED) is 0.493. The lowest BCUT2D eigenvalue weighted by Gasteiger charge is -2.02. The summed E-state index contributed by atoms with van der Waals surface area (Å²) in [5.74, 6) is 0.0550. The molecule has 0 amide bonds. The van der Waals surface area contributed by atoms with Crippen molar-refractivity contribution in [3.63, 3.8) is 0 Å². The third-order valence-corrected chi connectivity index (χ3v) is 3.12. The average Bonchev–Trinajstić information content (AvgIpc) is 2.37. The first-order valence-electron chi connectivity index (χ1n) is 5.23. The lowest BCUT2D eigenvalue weighted by molar-refractivity contribution is -0.385. The number of nitro benzene ring substituents is 1. The van der Waals surface area contributed by atoms with Crippen LogP contribution in [0.25, 0.3) is 0 Å². The van der Waals surface area contributed by atoms with Gasteiger partial charge in [0.25, 0.3) is 11.2 Å². The smallest absolute Gasteiger partial charge is 0.288 e. The molecule has 0 saturated carbocycles. The Morgan fingerprint density at radius 3 is 2.80 bits per heavy atom. The third kappa shape index (κ3) is 2.93. The molecule has 0 spiro atoms. The van der Waals surface area contributed by atoms with Gasteiger partial charge in [-0.1, -0.05) is 11.8 Å². The maximum Gasteiger partial charge on any atom is 0.288 e. The summed E-state index contributed by atoms with van der Waals surface area (Å²) in [5, 5.41) is 19.8. The van der Waals surface area contributed by atoms with E-state index in [9.17, 15) is 14.9 Å². The molecule has 0 fully saturated rings. The van der Waals surface area contributed by atoms with Crippen molar-refractivity contribution in [2.24, 2.45) is 0 Å². The summed E-state index contributed by atoms with van der Waals surface area (Å²) in [6, 6.07) is 6.98. The van der Waals surface area contributed by atoms with Gasteiger partial charge in [0.05, 0.1) is 4.92 Å². The van der Waals surface area contributed by atoms with Gasteiger partial charge >= 0.3 is 0 Å². The number of benzene rings is 1. The minimum atomic E-state index is -0.641. The Hall–Kier alpha value is -2.86. The monoisotopic (exact) mass is 289 g/mol. The number of nitrogen functional groups attached to an aromatic ring is 1. The highest BCUT2D eigenvalue weighted by atomic mass is 32.2. The van der Waals surface area contributed by atoms with Crippen LogP contribution in [0.5, 0.6) is 0 Å². The van der Waals surface area contributed by atoms with Crippen LogP contribution < -0.4 is 11.3 Å². The number of aromatic amines is 1. The minimum Gasteiger partial charge on any atom is -0.383 e. The van der Waals surface area contributed by atoms with Gasteiger partial charge in [0.1, 0.15) is 17.5 Å². The second-order valence-electron chi connectivity index (χ2n) is 3.63. The summed E-state index contributed by atoms with van der Waals surface area (Å²) < 4.78 is 0. The van der Waals surface area contributed by atoms with Crippen molar-refractivity contribution in [1.29, 1.82) is 5.26 Å². The maximum atomic E-state index is 11.2. The van der Waals surface area contributed by atoms with Gasteiger partial charge in [-0.3, -0.25) is 14.9 Å². The van der Waals surface area contributed by atoms with E-state index in [0.29, 0.717) is 4.90 Å². The van der Waals surface area contributed by atoms with E-state index in [-0.39, 0.29) is 22.2 Å². The van der Waals surface area contributed by atoms with Crippen molar-refractivity contribution in [3.8, 4) is 6.07 Å². The largest absolute Gasteiger partial charge is 0.383 e. The molecule has 2 aromatic rings. The molecule has 20 heavy (non-hydrogen) atoms. The van der Waals surface area contributed by atoms with Crippen molar-refractivity contribution in [1.82, 2.24) is 9.97 Å². The highest BCUT2D eigenvalue weighted by Gasteiger charge is 2.15. The molecule has 0 unspecified atom stereocenters. The van der Waals surface area contributed by atoms with E-state index in [1.54, 1.807) is 6.07 Å². The van der Waals surface area contributed by atoms with Crippen LogP contribution in [-0.2, 0) is 0 Å². The first kappa shape index (κ1) is 13.6. The first-order valence-corrected chi connectivity index (χ1v) is 6.04. The predicted molar refractivity (Wildman–Crippen MR) is 71.2 cm³/mol. The van der Waals surface area contributed by atoms with E-state index in [4.69, 9.17) is 11.0 Å². The summed E-state index contributed by atoms with van der Waals surface area (Å²) in [6.45, 7) is 0. The summed E-state index contributed by atoms with van der Waals surface area (Å²) in [5.41, 5.74) is 4.69. The van der Waals surface area contributed by atoms with Crippen LogP contribution in [0.1, 0.15) is 5.56 Å². The fraction of sp³-hybridized carbons (Fsp3) is 0. The summed E-state index contributed by atoms with van der Waals surface area (Å²) in [4.78, 5) is 28.3. The van der Waals surface area contributed by atoms with E-state index in [1.165, 1.54) is 18.2 Å². The molecular weight excluding hydrogens is 282 g/mol. The van der Waals surface area contributed by atoms with Gasteiger partial charge in [-0.2, -0.15) is 5.26 Å². The predicted octanol–water partition coefficient (Wildman–Crippen LogP) is 1.28. The van der Waals surface area contributed by atoms with Crippen molar-refractivity contribution in [2.45, 2.75) is 10.1 Å². The maximum absolute atomic E-state index is 11.2. The van der Waals surface area contributed by atoms with Crippen molar-refractivity contribution < 1.29 is 4.92 Å². The molecule has 1 aromatic carbocycles. The molecule has 0 aliphatic carbocycles. The van der Waals surface area contributed by atoms with Crippen LogP contribution >= 0.6 is 11.8 Å². The number of nitrogens with zero attached hydrogens (tertiary/aromatic N) is 3. The Labute approximate surface area is 116 Å². The van der Waals surface area contributed by atoms with Crippen LogP contribution in [0.15, 0.2) is 39.1 Å². The molecular formula is C11H7N5O3S. The second-order valence-corrected chi connectivity index (χ2v) is 4.69. The first-order chi connectivity index (χ1) is 9.49.